The first-order valence-corrected chi connectivity index (χ1v) is 15.3. The van der Waals surface area contributed by atoms with Gasteiger partial charge in [-0.2, -0.15) is 0 Å². The lowest BCUT2D eigenvalue weighted by Gasteiger charge is -2.61. The van der Waals surface area contributed by atoms with Crippen molar-refractivity contribution in [2.45, 2.75) is 85.2 Å². The Kier molecular flexibility index (Phi) is 6.47. The van der Waals surface area contributed by atoms with Crippen molar-refractivity contribution >= 4 is 34.5 Å². The van der Waals surface area contributed by atoms with Crippen LogP contribution in [0.5, 0.6) is 5.75 Å². The molecule has 1 aromatic rings. The van der Waals surface area contributed by atoms with Crippen molar-refractivity contribution in [3.63, 3.8) is 0 Å². The van der Waals surface area contributed by atoms with E-state index in [4.69, 9.17) is 0 Å². The number of phenols is 1. The van der Waals surface area contributed by atoms with E-state index in [0.717, 1.165) is 36.8 Å². The molecule has 2 N–H and O–H groups in total. The molecule has 0 saturated heterocycles. The number of carbonyl (C=O) groups excluding carboxylic acids is 5. The summed E-state index contributed by atoms with van der Waals surface area (Å²) >= 11 is 0. The third-order valence-corrected chi connectivity index (χ3v) is 11.1. The van der Waals surface area contributed by atoms with Gasteiger partial charge in [0.15, 0.2) is 28.7 Å². The van der Waals surface area contributed by atoms with Crippen LogP contribution >= 0.6 is 0 Å². The SMILES string of the molecule is CC(=O)C1C(=O)C(C(C)C)[C@@]2(C)C[C@@]3(C)Cc4c(C5=CC=C(CCC6CC6)C5)ccc(O)c4C(=O)C3C(=O)[C@@]2(O)C1=O. The van der Waals surface area contributed by atoms with Gasteiger partial charge in [0, 0.05) is 11.3 Å². The molecule has 5 aliphatic carbocycles. The number of aliphatic hydroxyl groups is 1. The Balaban J connectivity index is 1.44. The van der Waals surface area contributed by atoms with Crippen LogP contribution in [-0.2, 0) is 25.6 Å². The second-order valence-electron chi connectivity index (χ2n) is 14.5. The van der Waals surface area contributed by atoms with Gasteiger partial charge < -0.3 is 10.2 Å². The molecule has 0 aliphatic heterocycles. The molecule has 1 aromatic carbocycles. The van der Waals surface area contributed by atoms with Crippen LogP contribution < -0.4 is 0 Å². The first-order valence-electron chi connectivity index (χ1n) is 15.3. The molecule has 3 unspecified atom stereocenters. The van der Waals surface area contributed by atoms with Crippen molar-refractivity contribution in [3.8, 4) is 5.75 Å². The molecule has 0 heterocycles. The molecule has 42 heavy (non-hydrogen) atoms. The van der Waals surface area contributed by atoms with E-state index in [0.29, 0.717) is 5.56 Å². The molecular weight excluding hydrogens is 532 g/mol. The first kappa shape index (κ1) is 28.9. The van der Waals surface area contributed by atoms with Crippen molar-refractivity contribution in [3.05, 3.63) is 46.5 Å². The van der Waals surface area contributed by atoms with E-state index in [1.807, 2.05) is 13.0 Å². The summed E-state index contributed by atoms with van der Waals surface area (Å²) in [6.07, 6.45) is 10.1. The normalized spacial score (nSPS) is 35.9. The molecule has 7 nitrogen and oxygen atoms in total. The Hall–Kier alpha value is -3.19. The summed E-state index contributed by atoms with van der Waals surface area (Å²) in [7, 11) is 0. The van der Waals surface area contributed by atoms with Gasteiger partial charge in [-0.15, -0.1) is 0 Å². The molecule has 0 amide bonds. The molecule has 6 atom stereocenters. The lowest BCUT2D eigenvalue weighted by molar-refractivity contribution is -0.205. The van der Waals surface area contributed by atoms with Gasteiger partial charge in [-0.05, 0) is 79.0 Å². The van der Waals surface area contributed by atoms with Gasteiger partial charge in [0.05, 0.1) is 11.5 Å². The topological polar surface area (TPSA) is 126 Å². The standard InChI is InChI=1S/C35H40O7/c1-17(2)27-29(38)25(18(3)36)31(40)35(42)32(41)28-30(39)26-23(15-33(28,4)16-34(27,35)5)22(12-13-24(26)37)21-11-10-20(14-21)9-8-19-6-7-19/h10-13,17,19,25,27-28,37,42H,6-9,14-16H2,1-5H3/t25?,27?,28?,33-,34-,35+/m1/s1. The summed E-state index contributed by atoms with van der Waals surface area (Å²) in [6, 6.07) is 3.31. The highest BCUT2D eigenvalue weighted by Gasteiger charge is 2.76. The third kappa shape index (κ3) is 3.84. The van der Waals surface area contributed by atoms with E-state index in [2.05, 4.69) is 12.2 Å². The van der Waals surface area contributed by atoms with Crippen LogP contribution in [0.1, 0.15) is 94.6 Å². The van der Waals surface area contributed by atoms with Crippen LogP contribution in [0.15, 0.2) is 29.9 Å². The Morgan fingerprint density at radius 1 is 1.05 bits per heavy atom. The quantitative estimate of drug-likeness (QED) is 0.460. The molecule has 5 aliphatic rings. The molecule has 0 aromatic heterocycles. The second-order valence-corrected chi connectivity index (χ2v) is 14.5. The van der Waals surface area contributed by atoms with Crippen molar-refractivity contribution in [2.24, 2.45) is 40.4 Å². The predicted molar refractivity (Wildman–Crippen MR) is 156 cm³/mol. The molecule has 0 bridgehead atoms. The number of ketones is 5. The molecular formula is C35H40O7. The number of hydrogen-bond acceptors (Lipinski definition) is 7. The number of carbonyl (C=O) groups is 5. The number of fused-ring (bicyclic) bond motifs is 3. The molecule has 0 radical (unpaired) electrons. The highest BCUT2D eigenvalue weighted by Crippen LogP contribution is 2.64. The van der Waals surface area contributed by atoms with Crippen LogP contribution in [-0.4, -0.2) is 44.7 Å². The zero-order valence-electron chi connectivity index (χ0n) is 25.1. The van der Waals surface area contributed by atoms with Crippen LogP contribution in [0.25, 0.3) is 5.57 Å². The van der Waals surface area contributed by atoms with Gasteiger partial charge in [0.25, 0.3) is 0 Å². The zero-order chi connectivity index (χ0) is 30.5. The first-order chi connectivity index (χ1) is 19.7. The largest absolute Gasteiger partial charge is 0.507 e. The van der Waals surface area contributed by atoms with E-state index in [1.54, 1.807) is 20.8 Å². The van der Waals surface area contributed by atoms with Crippen LogP contribution in [0.2, 0.25) is 0 Å². The third-order valence-electron chi connectivity index (χ3n) is 11.1. The highest BCUT2D eigenvalue weighted by molar-refractivity contribution is 6.32. The summed E-state index contributed by atoms with van der Waals surface area (Å²) in [6.45, 7) is 8.12. The van der Waals surface area contributed by atoms with E-state index in [9.17, 15) is 34.2 Å². The molecule has 3 saturated carbocycles. The summed E-state index contributed by atoms with van der Waals surface area (Å²) < 4.78 is 0. The van der Waals surface area contributed by atoms with E-state index >= 15 is 0 Å². The molecule has 6 rings (SSSR count). The minimum Gasteiger partial charge on any atom is -0.507 e. The Bertz CT molecular complexity index is 1520. The summed E-state index contributed by atoms with van der Waals surface area (Å²) in [5.41, 5.74) is -1.22. The van der Waals surface area contributed by atoms with Crippen LogP contribution in [0, 0.1) is 40.4 Å². The number of hydrogen-bond donors (Lipinski definition) is 2. The number of phenolic OH excluding ortho intramolecular Hbond substituents is 1. The fourth-order valence-electron chi connectivity index (χ4n) is 9.17. The number of rotatable bonds is 6. The molecule has 222 valence electrons. The maximum absolute atomic E-state index is 14.4. The van der Waals surface area contributed by atoms with Gasteiger partial charge in [0.2, 0.25) is 0 Å². The summed E-state index contributed by atoms with van der Waals surface area (Å²) in [5, 5.41) is 23.1. The Morgan fingerprint density at radius 3 is 2.36 bits per heavy atom. The van der Waals surface area contributed by atoms with Crippen molar-refractivity contribution in [2.75, 3.05) is 0 Å². The lowest BCUT2D eigenvalue weighted by Crippen LogP contribution is -2.76. The number of allylic oxidation sites excluding steroid dienone is 4. The second kappa shape index (κ2) is 9.40. The Morgan fingerprint density at radius 2 is 1.74 bits per heavy atom. The monoisotopic (exact) mass is 572 g/mol. The summed E-state index contributed by atoms with van der Waals surface area (Å²) in [5.74, 6) is -7.84. The minimum atomic E-state index is -2.68. The average Bonchev–Trinajstić information content (AvgIpc) is 3.60. The fraction of sp³-hybridized carbons (Fsp3) is 0.571. The van der Waals surface area contributed by atoms with E-state index in [1.165, 1.54) is 30.9 Å². The van der Waals surface area contributed by atoms with Gasteiger partial charge in [-0.25, -0.2) is 0 Å². The van der Waals surface area contributed by atoms with E-state index < -0.39 is 63.1 Å². The summed E-state index contributed by atoms with van der Waals surface area (Å²) in [4.78, 5) is 68.7. The average molecular weight is 573 g/mol. The smallest absolute Gasteiger partial charge is 0.190 e. The minimum absolute atomic E-state index is 0.0576. The van der Waals surface area contributed by atoms with Gasteiger partial charge >= 0.3 is 0 Å². The number of aromatic hydroxyl groups is 1. The Labute approximate surface area is 246 Å². The molecule has 0 spiro atoms. The maximum atomic E-state index is 14.4. The number of benzene rings is 1. The van der Waals surface area contributed by atoms with Gasteiger partial charge in [-0.1, -0.05) is 64.3 Å². The van der Waals surface area contributed by atoms with Crippen LogP contribution in [0.3, 0.4) is 0 Å². The highest BCUT2D eigenvalue weighted by atomic mass is 16.3. The van der Waals surface area contributed by atoms with Crippen molar-refractivity contribution < 1.29 is 34.2 Å². The van der Waals surface area contributed by atoms with Crippen LogP contribution in [0.4, 0.5) is 0 Å². The zero-order valence-corrected chi connectivity index (χ0v) is 25.1. The van der Waals surface area contributed by atoms with Gasteiger partial charge in [0.1, 0.15) is 17.5 Å². The van der Waals surface area contributed by atoms with Gasteiger partial charge in [-0.3, -0.25) is 24.0 Å². The van der Waals surface area contributed by atoms with E-state index in [-0.39, 0.29) is 30.1 Å². The predicted octanol–water partition coefficient (Wildman–Crippen LogP) is 5.00. The van der Waals surface area contributed by atoms with Crippen molar-refractivity contribution in [1.82, 2.24) is 0 Å². The lowest BCUT2D eigenvalue weighted by atomic mass is 9.40. The van der Waals surface area contributed by atoms with Crippen molar-refractivity contribution in [1.29, 1.82) is 0 Å². The number of Topliss-reactive ketones (excluding diaryl/α,β-unsaturated/α-hetero) is 5. The molecule has 7 heteroatoms. The fourth-order valence-corrected chi connectivity index (χ4v) is 9.17. The molecule has 3 fully saturated rings. The maximum Gasteiger partial charge on any atom is 0.190 e.